The van der Waals surface area contributed by atoms with Gasteiger partial charge in [-0.3, -0.25) is 9.78 Å². The third kappa shape index (κ3) is 7.98. The van der Waals surface area contributed by atoms with Crippen molar-refractivity contribution in [2.24, 2.45) is 0 Å². The van der Waals surface area contributed by atoms with Crippen LogP contribution in [0.5, 0.6) is 0 Å². The number of alkyl halides is 6. The largest absolute Gasteiger partial charge is 0.490 e. The van der Waals surface area contributed by atoms with Crippen LogP contribution in [-0.2, 0) is 21.0 Å². The number of sulfonamides is 1. The quantitative estimate of drug-likeness (QED) is 0.525. The monoisotopic (exact) mass is 513 g/mol. The van der Waals surface area contributed by atoms with Crippen molar-refractivity contribution in [3.05, 3.63) is 53.9 Å². The third-order valence-corrected chi connectivity index (χ3v) is 5.69. The number of carbonyl (C=O) groups is 2. The van der Waals surface area contributed by atoms with Gasteiger partial charge >= 0.3 is 18.3 Å². The summed E-state index contributed by atoms with van der Waals surface area (Å²) in [6, 6.07) is 7.12. The van der Waals surface area contributed by atoms with Crippen molar-refractivity contribution < 1.29 is 49.5 Å². The van der Waals surface area contributed by atoms with E-state index in [-0.39, 0.29) is 23.1 Å². The molecule has 1 aliphatic rings. The molecule has 0 saturated carbocycles. The van der Waals surface area contributed by atoms with Crippen LogP contribution in [0.25, 0.3) is 11.1 Å². The summed E-state index contributed by atoms with van der Waals surface area (Å²) >= 11 is 0. The van der Waals surface area contributed by atoms with E-state index in [1.165, 1.54) is 30.5 Å². The first-order chi connectivity index (χ1) is 15.6. The molecule has 1 amide bonds. The molecule has 34 heavy (non-hydrogen) atoms. The van der Waals surface area contributed by atoms with Gasteiger partial charge in [0.2, 0.25) is 10.0 Å². The molecule has 1 aliphatic heterocycles. The Hall–Kier alpha value is -3.20. The highest BCUT2D eigenvalue weighted by atomic mass is 32.2. The number of hydrogen-bond acceptors (Lipinski definition) is 6. The van der Waals surface area contributed by atoms with Gasteiger partial charge in [-0.1, -0.05) is 12.1 Å². The zero-order valence-electron chi connectivity index (χ0n) is 16.9. The van der Waals surface area contributed by atoms with Crippen molar-refractivity contribution in [1.29, 1.82) is 0 Å². The molecule has 1 unspecified atom stereocenters. The van der Waals surface area contributed by atoms with Crippen LogP contribution in [0.3, 0.4) is 0 Å². The molecule has 1 fully saturated rings. The maximum absolute atomic E-state index is 12.9. The third-order valence-electron chi connectivity index (χ3n) is 4.35. The summed E-state index contributed by atoms with van der Waals surface area (Å²) in [6.07, 6.45) is -7.63. The van der Waals surface area contributed by atoms with Crippen LogP contribution in [0.15, 0.2) is 42.6 Å². The minimum atomic E-state index is -5.08. The molecule has 1 aromatic carbocycles. The Balaban J connectivity index is 0.000000509. The Morgan fingerprint density at radius 2 is 1.68 bits per heavy atom. The second-order valence-electron chi connectivity index (χ2n) is 6.96. The van der Waals surface area contributed by atoms with E-state index in [1.54, 1.807) is 0 Å². The standard InChI is InChI=1S/C17H16F3N3O3S.C2HF3O2/c18-17(19,20)13-3-1-2-11(8-13)12-4-6-22-15(9-12)16(24)23-27(25,26)10-14-5-7-21-14;3-2(4,5)1(6)7/h1-4,6,8-9,14,21H,5,7,10H2,(H,23,24);(H,6,7). The van der Waals surface area contributed by atoms with E-state index in [4.69, 9.17) is 9.90 Å². The molecule has 0 spiro atoms. The van der Waals surface area contributed by atoms with E-state index in [2.05, 4.69) is 10.3 Å². The van der Waals surface area contributed by atoms with Gasteiger partial charge in [-0.25, -0.2) is 17.9 Å². The van der Waals surface area contributed by atoms with Gasteiger partial charge in [0.15, 0.2) is 0 Å². The Morgan fingerprint density at radius 1 is 1.09 bits per heavy atom. The summed E-state index contributed by atoms with van der Waals surface area (Å²) in [5.41, 5.74) is -0.462. The van der Waals surface area contributed by atoms with Crippen LogP contribution < -0.4 is 10.0 Å². The van der Waals surface area contributed by atoms with Gasteiger partial charge in [0.1, 0.15) is 5.69 Å². The summed E-state index contributed by atoms with van der Waals surface area (Å²) in [6.45, 7) is 0.731. The molecule has 186 valence electrons. The van der Waals surface area contributed by atoms with Crippen LogP contribution >= 0.6 is 0 Å². The Morgan fingerprint density at radius 3 is 2.18 bits per heavy atom. The molecule has 8 nitrogen and oxygen atoms in total. The first kappa shape index (κ1) is 27.0. The topological polar surface area (TPSA) is 125 Å². The van der Waals surface area contributed by atoms with E-state index in [0.717, 1.165) is 18.7 Å². The Bertz CT molecular complexity index is 1150. The number of amides is 1. The van der Waals surface area contributed by atoms with Gasteiger partial charge in [-0.2, -0.15) is 26.3 Å². The molecule has 0 bridgehead atoms. The first-order valence-electron chi connectivity index (χ1n) is 9.30. The predicted octanol–water partition coefficient (Wildman–Crippen LogP) is 2.82. The molecule has 15 heteroatoms. The van der Waals surface area contributed by atoms with Gasteiger partial charge in [0.05, 0.1) is 11.3 Å². The zero-order chi connectivity index (χ0) is 25.7. The average Bonchev–Trinajstić information content (AvgIpc) is 2.70. The lowest BCUT2D eigenvalue weighted by Crippen LogP contribution is -2.50. The minimum Gasteiger partial charge on any atom is -0.475 e. The molecule has 0 radical (unpaired) electrons. The van der Waals surface area contributed by atoms with Gasteiger partial charge in [0.25, 0.3) is 5.91 Å². The number of hydrogen-bond donors (Lipinski definition) is 3. The molecule has 3 rings (SSSR count). The van der Waals surface area contributed by atoms with E-state index in [1.807, 2.05) is 4.72 Å². The molecule has 2 heterocycles. The number of nitrogens with zero attached hydrogens (tertiary/aromatic N) is 1. The molecule has 3 N–H and O–H groups in total. The number of pyridine rings is 1. The van der Waals surface area contributed by atoms with E-state index < -0.39 is 39.8 Å². The maximum atomic E-state index is 12.9. The number of carbonyl (C=O) groups excluding carboxylic acids is 1. The fraction of sp³-hybridized carbons (Fsp3) is 0.316. The normalized spacial score (nSPS) is 16.0. The smallest absolute Gasteiger partial charge is 0.475 e. The van der Waals surface area contributed by atoms with Crippen molar-refractivity contribution in [2.75, 3.05) is 12.3 Å². The van der Waals surface area contributed by atoms with E-state index in [0.29, 0.717) is 12.0 Å². The summed E-state index contributed by atoms with van der Waals surface area (Å²) < 4.78 is 96.3. The second-order valence-corrected chi connectivity index (χ2v) is 8.73. The molecular weight excluding hydrogens is 496 g/mol. The summed E-state index contributed by atoms with van der Waals surface area (Å²) in [7, 11) is -3.84. The lowest BCUT2D eigenvalue weighted by atomic mass is 10.0. The summed E-state index contributed by atoms with van der Waals surface area (Å²) in [5.74, 6) is -3.91. The summed E-state index contributed by atoms with van der Waals surface area (Å²) in [4.78, 5) is 24.9. The SMILES string of the molecule is O=C(NS(=O)(=O)CC1CCN1)c1cc(-c2cccc(C(F)(F)F)c2)ccn1.O=C(O)C(F)(F)F. The van der Waals surface area contributed by atoms with Gasteiger partial charge in [0, 0.05) is 12.2 Å². The number of benzene rings is 1. The Labute approximate surface area is 189 Å². The first-order valence-corrected chi connectivity index (χ1v) is 11.0. The average molecular weight is 513 g/mol. The van der Waals surface area contributed by atoms with E-state index >= 15 is 0 Å². The number of aliphatic carboxylic acids is 1. The molecule has 1 atom stereocenters. The van der Waals surface area contributed by atoms with E-state index in [9.17, 15) is 39.6 Å². The number of carboxylic acids is 1. The Kier molecular flexibility index (Phi) is 8.26. The van der Waals surface area contributed by atoms with Crippen molar-refractivity contribution in [3.8, 4) is 11.1 Å². The molecule has 1 saturated heterocycles. The molecule has 1 aromatic heterocycles. The van der Waals surface area contributed by atoms with Crippen LogP contribution in [0.4, 0.5) is 26.3 Å². The van der Waals surface area contributed by atoms with Crippen molar-refractivity contribution in [1.82, 2.24) is 15.0 Å². The number of rotatable bonds is 5. The number of nitrogens with one attached hydrogen (secondary N) is 2. The molecule has 2 aromatic rings. The van der Waals surface area contributed by atoms with Crippen molar-refractivity contribution in [2.45, 2.75) is 24.8 Å². The molecular formula is C19H17F6N3O5S. The van der Waals surface area contributed by atoms with Crippen molar-refractivity contribution >= 4 is 21.9 Å². The summed E-state index contributed by atoms with van der Waals surface area (Å²) in [5, 5.41) is 10.0. The number of halogens is 6. The van der Waals surface area contributed by atoms with Crippen molar-refractivity contribution in [3.63, 3.8) is 0 Å². The maximum Gasteiger partial charge on any atom is 0.490 e. The molecule has 0 aliphatic carbocycles. The van der Waals surface area contributed by atoms with Crippen LogP contribution in [0.1, 0.15) is 22.5 Å². The number of aromatic nitrogens is 1. The predicted molar refractivity (Wildman–Crippen MR) is 106 cm³/mol. The van der Waals surface area contributed by atoms with Crippen LogP contribution in [-0.4, -0.2) is 54.9 Å². The minimum absolute atomic E-state index is 0.195. The van der Waals surface area contributed by atoms with Gasteiger partial charge in [-0.15, -0.1) is 0 Å². The second kappa shape index (κ2) is 10.4. The fourth-order valence-electron chi connectivity index (χ4n) is 2.60. The highest BCUT2D eigenvalue weighted by Crippen LogP contribution is 2.32. The fourth-order valence-corrected chi connectivity index (χ4v) is 3.88. The number of carboxylic acid groups (broad SMARTS) is 1. The van der Waals surface area contributed by atoms with Gasteiger partial charge < -0.3 is 10.4 Å². The lowest BCUT2D eigenvalue weighted by Gasteiger charge is -2.27. The zero-order valence-corrected chi connectivity index (χ0v) is 17.8. The highest BCUT2D eigenvalue weighted by molar-refractivity contribution is 7.90. The van der Waals surface area contributed by atoms with Gasteiger partial charge in [-0.05, 0) is 48.4 Å². The van der Waals surface area contributed by atoms with Crippen LogP contribution in [0, 0.1) is 0 Å². The lowest BCUT2D eigenvalue weighted by molar-refractivity contribution is -0.192. The van der Waals surface area contributed by atoms with Crippen LogP contribution in [0.2, 0.25) is 0 Å². The highest BCUT2D eigenvalue weighted by Gasteiger charge is 2.38.